The van der Waals surface area contributed by atoms with Crippen molar-refractivity contribution in [3.63, 3.8) is 0 Å². The molecule has 2 nitrogen and oxygen atoms in total. The van der Waals surface area contributed by atoms with Gasteiger partial charge in [0.2, 0.25) is 0 Å². The van der Waals surface area contributed by atoms with E-state index in [4.69, 9.17) is 4.74 Å². The molecule has 2 aromatic rings. The second-order valence-electron chi connectivity index (χ2n) is 5.20. The third-order valence-corrected chi connectivity index (χ3v) is 3.79. The minimum atomic E-state index is -0.160. The Balaban J connectivity index is 1.95. The summed E-state index contributed by atoms with van der Waals surface area (Å²) in [6, 6.07) is 7.58. The van der Waals surface area contributed by atoms with E-state index in [-0.39, 0.29) is 11.4 Å². The normalized spacial score (nSPS) is 16.1. The van der Waals surface area contributed by atoms with Crippen LogP contribution in [0.5, 0.6) is 5.75 Å². The van der Waals surface area contributed by atoms with Crippen LogP contribution < -0.4 is 4.74 Å². The highest BCUT2D eigenvalue weighted by Crippen LogP contribution is 2.35. The number of rotatable bonds is 2. The van der Waals surface area contributed by atoms with E-state index in [9.17, 15) is 4.79 Å². The first kappa shape index (κ1) is 11.5. The van der Waals surface area contributed by atoms with Crippen LogP contribution in [0.1, 0.15) is 35.3 Å². The Morgan fingerprint density at radius 1 is 1.28 bits per heavy atom. The summed E-state index contributed by atoms with van der Waals surface area (Å²) in [6.45, 7) is 4.13. The molecule has 1 aromatic carbocycles. The van der Waals surface area contributed by atoms with Crippen molar-refractivity contribution >= 4 is 17.1 Å². The number of fused-ring (bicyclic) bond motifs is 1. The van der Waals surface area contributed by atoms with Gasteiger partial charge in [-0.25, -0.2) is 0 Å². The molecule has 0 bridgehead atoms. The molecule has 3 heteroatoms. The average molecular weight is 258 g/mol. The van der Waals surface area contributed by atoms with Gasteiger partial charge in [0, 0.05) is 22.9 Å². The quantitative estimate of drug-likeness (QED) is 0.768. The maximum Gasteiger partial charge on any atom is 0.193 e. The van der Waals surface area contributed by atoms with Crippen molar-refractivity contribution in [1.29, 1.82) is 0 Å². The fourth-order valence-corrected chi connectivity index (χ4v) is 2.95. The molecule has 0 spiro atoms. The van der Waals surface area contributed by atoms with Crippen LogP contribution in [0.15, 0.2) is 35.0 Å². The number of carbonyl (C=O) groups excluding carboxylic acids is 1. The molecule has 0 saturated carbocycles. The van der Waals surface area contributed by atoms with Crippen LogP contribution in [-0.4, -0.2) is 11.4 Å². The van der Waals surface area contributed by atoms with Crippen molar-refractivity contribution in [3.8, 4) is 5.75 Å². The van der Waals surface area contributed by atoms with E-state index < -0.39 is 0 Å². The Labute approximate surface area is 110 Å². The van der Waals surface area contributed by atoms with Gasteiger partial charge in [0.05, 0.1) is 0 Å². The van der Waals surface area contributed by atoms with Gasteiger partial charge in [-0.1, -0.05) is 0 Å². The lowest BCUT2D eigenvalue weighted by Gasteiger charge is -2.16. The lowest BCUT2D eigenvalue weighted by atomic mass is 9.98. The van der Waals surface area contributed by atoms with Crippen LogP contribution in [0.4, 0.5) is 0 Å². The Kier molecular flexibility index (Phi) is 2.52. The standard InChI is InChI=1S/C15H14O2S/c1-15(2)8-12-7-10(3-4-13(12)17-15)14(16)11-5-6-18-9-11/h3-7,9H,8H2,1-2H3. The number of ether oxygens (including phenoxy) is 1. The molecule has 0 radical (unpaired) electrons. The van der Waals surface area contributed by atoms with E-state index in [1.54, 1.807) is 11.3 Å². The SMILES string of the molecule is CC1(C)Cc2cc(C(=O)c3ccsc3)ccc2O1. The fourth-order valence-electron chi connectivity index (χ4n) is 2.31. The molecule has 0 unspecified atom stereocenters. The smallest absolute Gasteiger partial charge is 0.193 e. The topological polar surface area (TPSA) is 26.3 Å². The third-order valence-electron chi connectivity index (χ3n) is 3.11. The van der Waals surface area contributed by atoms with Crippen LogP contribution in [0.3, 0.4) is 0 Å². The van der Waals surface area contributed by atoms with Gasteiger partial charge in [0.15, 0.2) is 5.78 Å². The number of thiophene rings is 1. The van der Waals surface area contributed by atoms with Crippen molar-refractivity contribution in [1.82, 2.24) is 0 Å². The zero-order valence-electron chi connectivity index (χ0n) is 10.4. The minimum Gasteiger partial charge on any atom is -0.487 e. The van der Waals surface area contributed by atoms with E-state index in [0.717, 1.165) is 28.9 Å². The van der Waals surface area contributed by atoms with Gasteiger partial charge < -0.3 is 4.74 Å². The molecule has 0 N–H and O–H groups in total. The molecule has 1 aliphatic heterocycles. The van der Waals surface area contributed by atoms with Crippen LogP contribution in [0, 0.1) is 0 Å². The average Bonchev–Trinajstić information content (AvgIpc) is 2.91. The number of ketones is 1. The van der Waals surface area contributed by atoms with Crippen LogP contribution >= 0.6 is 11.3 Å². The van der Waals surface area contributed by atoms with Gasteiger partial charge in [-0.2, -0.15) is 11.3 Å². The first-order valence-electron chi connectivity index (χ1n) is 5.94. The molecular formula is C15H14O2S. The van der Waals surface area contributed by atoms with E-state index >= 15 is 0 Å². The monoisotopic (exact) mass is 258 g/mol. The summed E-state index contributed by atoms with van der Waals surface area (Å²) in [7, 11) is 0. The van der Waals surface area contributed by atoms with Gasteiger partial charge in [0.25, 0.3) is 0 Å². The summed E-state index contributed by atoms with van der Waals surface area (Å²) in [4.78, 5) is 12.2. The van der Waals surface area contributed by atoms with Crippen LogP contribution in [0.25, 0.3) is 0 Å². The lowest BCUT2D eigenvalue weighted by Crippen LogP contribution is -2.24. The Bertz CT molecular complexity index is 597. The molecule has 1 aliphatic rings. The molecule has 0 aliphatic carbocycles. The Morgan fingerprint density at radius 2 is 2.11 bits per heavy atom. The largest absolute Gasteiger partial charge is 0.487 e. The molecule has 0 atom stereocenters. The molecule has 2 heterocycles. The number of hydrogen-bond acceptors (Lipinski definition) is 3. The predicted octanol–water partition coefficient (Wildman–Crippen LogP) is 3.69. The molecular weight excluding hydrogens is 244 g/mol. The van der Waals surface area contributed by atoms with E-state index in [1.807, 2.05) is 35.0 Å². The highest BCUT2D eigenvalue weighted by molar-refractivity contribution is 7.08. The minimum absolute atomic E-state index is 0.0868. The summed E-state index contributed by atoms with van der Waals surface area (Å²) >= 11 is 1.54. The summed E-state index contributed by atoms with van der Waals surface area (Å²) in [5.41, 5.74) is 2.47. The Morgan fingerprint density at radius 3 is 2.83 bits per heavy atom. The molecule has 3 rings (SSSR count). The van der Waals surface area contributed by atoms with Crippen molar-refractivity contribution in [2.75, 3.05) is 0 Å². The first-order valence-corrected chi connectivity index (χ1v) is 6.88. The van der Waals surface area contributed by atoms with E-state index in [2.05, 4.69) is 13.8 Å². The molecule has 18 heavy (non-hydrogen) atoms. The van der Waals surface area contributed by atoms with Gasteiger partial charge in [-0.15, -0.1) is 0 Å². The van der Waals surface area contributed by atoms with Crippen LogP contribution in [-0.2, 0) is 6.42 Å². The lowest BCUT2D eigenvalue weighted by molar-refractivity contribution is 0.103. The number of hydrogen-bond donors (Lipinski definition) is 0. The summed E-state index contributed by atoms with van der Waals surface area (Å²) < 4.78 is 5.81. The maximum absolute atomic E-state index is 12.2. The summed E-state index contributed by atoms with van der Waals surface area (Å²) in [5, 5.41) is 3.81. The zero-order chi connectivity index (χ0) is 12.8. The fraction of sp³-hybridized carbons (Fsp3) is 0.267. The highest BCUT2D eigenvalue weighted by Gasteiger charge is 2.30. The van der Waals surface area contributed by atoms with Crippen molar-refractivity contribution < 1.29 is 9.53 Å². The first-order chi connectivity index (χ1) is 8.55. The van der Waals surface area contributed by atoms with Crippen molar-refractivity contribution in [3.05, 3.63) is 51.7 Å². The maximum atomic E-state index is 12.2. The highest BCUT2D eigenvalue weighted by atomic mass is 32.1. The number of benzene rings is 1. The summed E-state index contributed by atoms with van der Waals surface area (Å²) in [5.74, 6) is 0.991. The number of carbonyl (C=O) groups is 1. The zero-order valence-corrected chi connectivity index (χ0v) is 11.2. The van der Waals surface area contributed by atoms with Gasteiger partial charge in [0.1, 0.15) is 11.4 Å². The van der Waals surface area contributed by atoms with Gasteiger partial charge in [-0.05, 0) is 49.1 Å². The van der Waals surface area contributed by atoms with Crippen LogP contribution in [0.2, 0.25) is 0 Å². The predicted molar refractivity (Wildman–Crippen MR) is 72.6 cm³/mol. The second-order valence-corrected chi connectivity index (χ2v) is 5.98. The van der Waals surface area contributed by atoms with Gasteiger partial charge >= 0.3 is 0 Å². The molecule has 1 aromatic heterocycles. The van der Waals surface area contributed by atoms with Gasteiger partial charge in [-0.3, -0.25) is 4.79 Å². The van der Waals surface area contributed by atoms with E-state index in [1.165, 1.54) is 0 Å². The van der Waals surface area contributed by atoms with E-state index in [0.29, 0.717) is 0 Å². The molecule has 0 amide bonds. The van der Waals surface area contributed by atoms with Crippen molar-refractivity contribution in [2.45, 2.75) is 25.9 Å². The molecule has 0 saturated heterocycles. The molecule has 92 valence electrons. The third kappa shape index (κ3) is 1.95. The Hall–Kier alpha value is -1.61. The molecule has 0 fully saturated rings. The summed E-state index contributed by atoms with van der Waals surface area (Å²) in [6.07, 6.45) is 0.854. The van der Waals surface area contributed by atoms with Crippen molar-refractivity contribution in [2.24, 2.45) is 0 Å². The second kappa shape index (κ2) is 3.95.